The van der Waals surface area contributed by atoms with Crippen molar-refractivity contribution in [1.29, 1.82) is 0 Å². The van der Waals surface area contributed by atoms with Gasteiger partial charge in [-0.1, -0.05) is 55.8 Å². The fourth-order valence-electron chi connectivity index (χ4n) is 4.43. The molecule has 0 unspecified atom stereocenters. The highest BCUT2D eigenvalue weighted by atomic mass is 16.3. The summed E-state index contributed by atoms with van der Waals surface area (Å²) in [5.74, 6) is 0.881. The smallest absolute Gasteiger partial charge is 0.229 e. The van der Waals surface area contributed by atoms with Crippen LogP contribution in [0.1, 0.15) is 18.9 Å². The first-order valence-electron chi connectivity index (χ1n) is 10.1. The fourth-order valence-corrected chi connectivity index (χ4v) is 4.43. The van der Waals surface area contributed by atoms with Gasteiger partial charge in [0.25, 0.3) is 0 Å². The van der Waals surface area contributed by atoms with Gasteiger partial charge in [0.05, 0.1) is 11.0 Å². The van der Waals surface area contributed by atoms with Gasteiger partial charge in [-0.05, 0) is 48.4 Å². The zero-order valence-electron chi connectivity index (χ0n) is 16.2. The summed E-state index contributed by atoms with van der Waals surface area (Å²) < 4.78 is 8.28. The first-order chi connectivity index (χ1) is 14.3. The Bertz CT molecular complexity index is 1520. The van der Waals surface area contributed by atoms with E-state index < -0.39 is 0 Å². The van der Waals surface area contributed by atoms with Crippen LogP contribution in [0.5, 0.6) is 0 Å². The molecule has 6 rings (SSSR count). The molecule has 140 valence electrons. The second-order valence-electron chi connectivity index (χ2n) is 7.57. The molecule has 0 saturated heterocycles. The maximum atomic E-state index is 6.04. The first-order valence-corrected chi connectivity index (χ1v) is 10.1. The molecule has 0 saturated carbocycles. The molecule has 0 N–H and O–H groups in total. The van der Waals surface area contributed by atoms with Crippen LogP contribution >= 0.6 is 0 Å². The molecule has 0 amide bonds. The SMILES string of the molecule is CCCc1ccc2c(c1)c1ccccc1n2-c1ccc2c(n1)oc1ccccc12. The van der Waals surface area contributed by atoms with Gasteiger partial charge >= 0.3 is 0 Å². The molecule has 0 spiro atoms. The number of fused-ring (bicyclic) bond motifs is 6. The molecule has 0 atom stereocenters. The van der Waals surface area contributed by atoms with Gasteiger partial charge in [-0.3, -0.25) is 4.57 Å². The second-order valence-corrected chi connectivity index (χ2v) is 7.57. The van der Waals surface area contributed by atoms with Crippen molar-refractivity contribution in [3.05, 3.63) is 84.4 Å². The number of pyridine rings is 1. The summed E-state index contributed by atoms with van der Waals surface area (Å²) in [4.78, 5) is 4.91. The largest absolute Gasteiger partial charge is 0.438 e. The number of hydrogen-bond acceptors (Lipinski definition) is 2. The van der Waals surface area contributed by atoms with Gasteiger partial charge in [0.2, 0.25) is 5.71 Å². The Balaban J connectivity index is 1.66. The predicted octanol–water partition coefficient (Wildman–Crippen LogP) is 7.03. The Kier molecular flexibility index (Phi) is 3.51. The quantitative estimate of drug-likeness (QED) is 0.332. The summed E-state index contributed by atoms with van der Waals surface area (Å²) in [6.07, 6.45) is 2.24. The highest BCUT2D eigenvalue weighted by Gasteiger charge is 2.15. The van der Waals surface area contributed by atoms with Crippen LogP contribution in [-0.2, 0) is 6.42 Å². The zero-order valence-corrected chi connectivity index (χ0v) is 16.2. The monoisotopic (exact) mass is 376 g/mol. The maximum absolute atomic E-state index is 6.04. The summed E-state index contributed by atoms with van der Waals surface area (Å²) in [6.45, 7) is 2.22. The standard InChI is InChI=1S/C26H20N2O/c1-2-7-17-12-14-23-21(16-17)18-8-3-5-10-22(18)28(23)25-15-13-20-19-9-4-6-11-24(19)29-26(20)27-25/h3-6,8-16H,2,7H2,1H3. The number of rotatable bonds is 3. The van der Waals surface area contributed by atoms with Crippen LogP contribution in [0.2, 0.25) is 0 Å². The average Bonchev–Trinajstić information content (AvgIpc) is 3.29. The number of nitrogens with zero attached hydrogens (tertiary/aromatic N) is 2. The lowest BCUT2D eigenvalue weighted by Crippen LogP contribution is -1.97. The van der Waals surface area contributed by atoms with Crippen LogP contribution in [0.4, 0.5) is 0 Å². The number of furan rings is 1. The lowest BCUT2D eigenvalue weighted by atomic mass is 10.1. The van der Waals surface area contributed by atoms with Crippen LogP contribution in [0, 0.1) is 0 Å². The Labute approximate surface area is 168 Å². The Hall–Kier alpha value is -3.59. The van der Waals surface area contributed by atoms with E-state index in [2.05, 4.69) is 72.2 Å². The van der Waals surface area contributed by atoms with E-state index in [-0.39, 0.29) is 0 Å². The number of para-hydroxylation sites is 2. The van der Waals surface area contributed by atoms with Gasteiger partial charge in [-0.15, -0.1) is 0 Å². The summed E-state index contributed by atoms with van der Waals surface area (Å²) in [6, 6.07) is 27.7. The normalized spacial score (nSPS) is 11.9. The van der Waals surface area contributed by atoms with Crippen LogP contribution in [-0.4, -0.2) is 9.55 Å². The topological polar surface area (TPSA) is 31.0 Å². The van der Waals surface area contributed by atoms with Gasteiger partial charge in [-0.25, -0.2) is 0 Å². The van der Waals surface area contributed by atoms with E-state index in [1.54, 1.807) is 0 Å². The number of aryl methyl sites for hydroxylation is 1. The van der Waals surface area contributed by atoms with Crippen molar-refractivity contribution in [2.45, 2.75) is 19.8 Å². The summed E-state index contributed by atoms with van der Waals surface area (Å²) in [7, 11) is 0. The average molecular weight is 376 g/mol. The van der Waals surface area contributed by atoms with Gasteiger partial charge < -0.3 is 4.42 Å². The minimum Gasteiger partial charge on any atom is -0.438 e. The summed E-state index contributed by atoms with van der Waals surface area (Å²) in [5.41, 5.74) is 5.27. The van der Waals surface area contributed by atoms with Crippen molar-refractivity contribution in [3.8, 4) is 5.82 Å². The van der Waals surface area contributed by atoms with Gasteiger partial charge in [0, 0.05) is 21.5 Å². The van der Waals surface area contributed by atoms with Crippen LogP contribution < -0.4 is 0 Å². The molecular weight excluding hydrogens is 356 g/mol. The Morgan fingerprint density at radius 2 is 1.55 bits per heavy atom. The highest BCUT2D eigenvalue weighted by molar-refractivity contribution is 6.09. The van der Waals surface area contributed by atoms with Crippen molar-refractivity contribution < 1.29 is 4.42 Å². The van der Waals surface area contributed by atoms with Crippen LogP contribution in [0.15, 0.2) is 83.3 Å². The van der Waals surface area contributed by atoms with Crippen molar-refractivity contribution in [3.63, 3.8) is 0 Å². The van der Waals surface area contributed by atoms with E-state index in [1.807, 2.05) is 18.2 Å². The first kappa shape index (κ1) is 16.4. The molecule has 3 heteroatoms. The Morgan fingerprint density at radius 3 is 2.45 bits per heavy atom. The Morgan fingerprint density at radius 1 is 0.759 bits per heavy atom. The zero-order chi connectivity index (χ0) is 19.4. The lowest BCUT2D eigenvalue weighted by Gasteiger charge is -2.07. The molecule has 0 aliphatic carbocycles. The molecule has 0 aliphatic rings. The van der Waals surface area contributed by atoms with E-state index in [0.717, 1.165) is 35.0 Å². The van der Waals surface area contributed by atoms with E-state index in [1.165, 1.54) is 27.4 Å². The molecule has 6 aromatic rings. The minimum absolute atomic E-state index is 0.678. The third kappa shape index (κ3) is 2.40. The van der Waals surface area contributed by atoms with Crippen LogP contribution in [0.25, 0.3) is 49.7 Å². The highest BCUT2D eigenvalue weighted by Crippen LogP contribution is 2.34. The molecule has 0 bridgehead atoms. The molecule has 0 aliphatic heterocycles. The van der Waals surface area contributed by atoms with E-state index in [0.29, 0.717) is 5.71 Å². The number of benzene rings is 3. The minimum atomic E-state index is 0.678. The second kappa shape index (κ2) is 6.21. The fraction of sp³-hybridized carbons (Fsp3) is 0.115. The molecule has 3 aromatic heterocycles. The summed E-state index contributed by atoms with van der Waals surface area (Å²) >= 11 is 0. The van der Waals surface area contributed by atoms with E-state index >= 15 is 0 Å². The van der Waals surface area contributed by atoms with Gasteiger partial charge in [-0.2, -0.15) is 4.98 Å². The van der Waals surface area contributed by atoms with Gasteiger partial charge in [0.15, 0.2) is 0 Å². The molecule has 0 radical (unpaired) electrons. The predicted molar refractivity (Wildman–Crippen MR) is 120 cm³/mol. The van der Waals surface area contributed by atoms with E-state index in [9.17, 15) is 0 Å². The van der Waals surface area contributed by atoms with E-state index in [4.69, 9.17) is 9.40 Å². The molecule has 29 heavy (non-hydrogen) atoms. The third-order valence-electron chi connectivity index (χ3n) is 5.73. The maximum Gasteiger partial charge on any atom is 0.229 e. The van der Waals surface area contributed by atoms with Crippen molar-refractivity contribution >= 4 is 43.9 Å². The molecule has 3 aromatic carbocycles. The molecule has 3 heterocycles. The van der Waals surface area contributed by atoms with Crippen molar-refractivity contribution in [1.82, 2.24) is 9.55 Å². The summed E-state index contributed by atoms with van der Waals surface area (Å²) in [5, 5.41) is 4.69. The number of aromatic nitrogens is 2. The van der Waals surface area contributed by atoms with Crippen molar-refractivity contribution in [2.75, 3.05) is 0 Å². The molecular formula is C26H20N2O. The third-order valence-corrected chi connectivity index (χ3v) is 5.73. The lowest BCUT2D eigenvalue weighted by molar-refractivity contribution is 0.653. The number of hydrogen-bond donors (Lipinski definition) is 0. The van der Waals surface area contributed by atoms with Gasteiger partial charge in [0.1, 0.15) is 11.4 Å². The molecule has 0 fully saturated rings. The molecule has 3 nitrogen and oxygen atoms in total. The van der Waals surface area contributed by atoms with Crippen LogP contribution in [0.3, 0.4) is 0 Å². The van der Waals surface area contributed by atoms with Crippen molar-refractivity contribution in [2.24, 2.45) is 0 Å².